The summed E-state index contributed by atoms with van der Waals surface area (Å²) in [6, 6.07) is 22.0. The number of hydrogen-bond acceptors (Lipinski definition) is 6. The van der Waals surface area contributed by atoms with Crippen molar-refractivity contribution >= 4 is 23.0 Å². The van der Waals surface area contributed by atoms with Gasteiger partial charge in [0.15, 0.2) is 0 Å². The smallest absolute Gasteiger partial charge is 0.407 e. The molecule has 188 valence electrons. The number of benzene rings is 3. The Morgan fingerprint density at radius 2 is 1.62 bits per heavy atom. The second-order valence-electron chi connectivity index (χ2n) is 8.78. The van der Waals surface area contributed by atoms with E-state index >= 15 is 0 Å². The van der Waals surface area contributed by atoms with Gasteiger partial charge in [-0.3, -0.25) is 0 Å². The second-order valence-corrected chi connectivity index (χ2v) is 8.78. The molecule has 37 heavy (non-hydrogen) atoms. The predicted octanol–water partition coefficient (Wildman–Crippen LogP) is 4.79. The molecule has 0 bridgehead atoms. The highest BCUT2D eigenvalue weighted by Gasteiger charge is 2.30. The Balaban J connectivity index is 1.31. The molecule has 5 rings (SSSR count). The molecule has 1 aromatic heterocycles. The summed E-state index contributed by atoms with van der Waals surface area (Å²) in [5, 5.41) is 13.1. The van der Waals surface area contributed by atoms with Crippen LogP contribution in [0.4, 0.5) is 4.79 Å². The fraction of sp³-hybridized carbons (Fsp3) is 0.207. The van der Waals surface area contributed by atoms with Crippen molar-refractivity contribution in [2.75, 3.05) is 20.8 Å². The molecule has 4 aromatic rings. The van der Waals surface area contributed by atoms with Gasteiger partial charge in [0.25, 0.3) is 0 Å². The van der Waals surface area contributed by atoms with E-state index in [0.717, 1.165) is 27.6 Å². The van der Waals surface area contributed by atoms with Crippen LogP contribution in [-0.4, -0.2) is 49.0 Å². The van der Waals surface area contributed by atoms with Crippen LogP contribution in [0.1, 0.15) is 22.6 Å². The average Bonchev–Trinajstić information content (AvgIpc) is 3.24. The van der Waals surface area contributed by atoms with Crippen molar-refractivity contribution in [1.82, 2.24) is 10.3 Å². The Labute approximate surface area is 213 Å². The number of carboxylic acid groups (broad SMARTS) is 1. The van der Waals surface area contributed by atoms with Crippen molar-refractivity contribution in [3.63, 3.8) is 0 Å². The minimum absolute atomic E-state index is 0.0388. The molecule has 8 nitrogen and oxygen atoms in total. The van der Waals surface area contributed by atoms with Crippen LogP contribution in [0.15, 0.2) is 72.8 Å². The minimum atomic E-state index is -1.24. The van der Waals surface area contributed by atoms with Gasteiger partial charge in [0, 0.05) is 23.3 Å². The zero-order valence-electron chi connectivity index (χ0n) is 20.4. The number of nitrogens with zero attached hydrogens (tertiary/aromatic N) is 1. The summed E-state index contributed by atoms with van der Waals surface area (Å²) in [6.07, 6.45) is -0.841. The maximum absolute atomic E-state index is 12.7. The van der Waals surface area contributed by atoms with Crippen LogP contribution in [0.5, 0.6) is 11.6 Å². The lowest BCUT2D eigenvalue weighted by Crippen LogP contribution is -2.43. The molecule has 0 spiro atoms. The first-order valence-corrected chi connectivity index (χ1v) is 11.8. The summed E-state index contributed by atoms with van der Waals surface area (Å²) in [7, 11) is 3.04. The number of alkyl carbamates (subject to hydrolysis) is 1. The lowest BCUT2D eigenvalue weighted by atomic mass is 9.98. The van der Waals surface area contributed by atoms with E-state index in [1.807, 2.05) is 36.4 Å². The van der Waals surface area contributed by atoms with Crippen molar-refractivity contribution in [1.29, 1.82) is 0 Å². The van der Waals surface area contributed by atoms with Gasteiger partial charge in [-0.05, 0) is 46.5 Å². The first-order valence-electron chi connectivity index (χ1n) is 11.8. The Bertz CT molecular complexity index is 1440. The molecular formula is C29H26N2O6. The quantitative estimate of drug-likeness (QED) is 0.360. The lowest BCUT2D eigenvalue weighted by Gasteiger charge is -2.18. The number of rotatable bonds is 8. The monoisotopic (exact) mass is 498 g/mol. The van der Waals surface area contributed by atoms with Crippen LogP contribution in [0, 0.1) is 0 Å². The van der Waals surface area contributed by atoms with Crippen molar-refractivity contribution in [2.24, 2.45) is 0 Å². The van der Waals surface area contributed by atoms with Gasteiger partial charge >= 0.3 is 12.1 Å². The summed E-state index contributed by atoms with van der Waals surface area (Å²) in [6.45, 7) is 0.0901. The van der Waals surface area contributed by atoms with Crippen molar-refractivity contribution in [3.05, 3.63) is 89.5 Å². The summed E-state index contributed by atoms with van der Waals surface area (Å²) in [4.78, 5) is 29.2. The van der Waals surface area contributed by atoms with Gasteiger partial charge in [0.2, 0.25) is 5.88 Å². The zero-order valence-corrected chi connectivity index (χ0v) is 20.4. The highest BCUT2D eigenvalue weighted by Crippen LogP contribution is 2.44. The van der Waals surface area contributed by atoms with Crippen LogP contribution >= 0.6 is 0 Å². The molecular weight excluding hydrogens is 472 g/mol. The maximum atomic E-state index is 12.7. The highest BCUT2D eigenvalue weighted by molar-refractivity contribution is 5.84. The molecule has 2 N–H and O–H groups in total. The number of amides is 1. The molecule has 0 radical (unpaired) electrons. The SMILES string of the molecule is COc1ccc2nc(OC)c(CC(NC(=O)OCC3c4ccccc4-c4ccccc43)C(=O)O)cc2c1. The normalized spacial score (nSPS) is 12.9. The number of carbonyl (C=O) groups is 2. The number of carbonyl (C=O) groups excluding carboxylic acids is 1. The van der Waals surface area contributed by atoms with Crippen molar-refractivity contribution in [3.8, 4) is 22.8 Å². The molecule has 1 heterocycles. The van der Waals surface area contributed by atoms with Crippen LogP contribution in [-0.2, 0) is 16.0 Å². The Morgan fingerprint density at radius 3 is 2.24 bits per heavy atom. The molecule has 0 saturated carbocycles. The first-order chi connectivity index (χ1) is 18.0. The second kappa shape index (κ2) is 10.2. The summed E-state index contributed by atoms with van der Waals surface area (Å²) < 4.78 is 16.2. The molecule has 1 unspecified atom stereocenters. The van der Waals surface area contributed by atoms with Gasteiger partial charge in [-0.1, -0.05) is 48.5 Å². The number of carboxylic acids is 1. The maximum Gasteiger partial charge on any atom is 0.407 e. The first kappa shape index (κ1) is 24.1. The Kier molecular flexibility index (Phi) is 6.64. The van der Waals surface area contributed by atoms with Crippen LogP contribution in [0.25, 0.3) is 22.0 Å². The topological polar surface area (TPSA) is 107 Å². The molecule has 8 heteroatoms. The predicted molar refractivity (Wildman–Crippen MR) is 138 cm³/mol. The third-order valence-electron chi connectivity index (χ3n) is 6.61. The number of nitrogens with one attached hydrogen (secondary N) is 1. The van der Waals surface area contributed by atoms with Crippen LogP contribution in [0.3, 0.4) is 0 Å². The van der Waals surface area contributed by atoms with E-state index in [-0.39, 0.29) is 18.9 Å². The minimum Gasteiger partial charge on any atom is -0.497 e. The number of methoxy groups -OCH3 is 2. The van der Waals surface area contributed by atoms with E-state index in [1.165, 1.54) is 7.11 Å². The highest BCUT2D eigenvalue weighted by atomic mass is 16.5. The third-order valence-corrected chi connectivity index (χ3v) is 6.61. The molecule has 0 aliphatic heterocycles. The van der Waals surface area contributed by atoms with E-state index in [2.05, 4.69) is 22.4 Å². The average molecular weight is 499 g/mol. The number of hydrogen-bond donors (Lipinski definition) is 2. The van der Waals surface area contributed by atoms with E-state index < -0.39 is 18.1 Å². The number of fused-ring (bicyclic) bond motifs is 4. The molecule has 1 aliphatic carbocycles. The van der Waals surface area contributed by atoms with Crippen LogP contribution < -0.4 is 14.8 Å². The van der Waals surface area contributed by atoms with E-state index in [0.29, 0.717) is 22.7 Å². The van der Waals surface area contributed by atoms with Crippen molar-refractivity contribution in [2.45, 2.75) is 18.4 Å². The van der Waals surface area contributed by atoms with Crippen molar-refractivity contribution < 1.29 is 28.9 Å². The number of aliphatic carboxylic acids is 1. The summed E-state index contributed by atoms with van der Waals surface area (Å²) in [5.74, 6) is -0.377. The molecule has 3 aromatic carbocycles. The van der Waals surface area contributed by atoms with Gasteiger partial charge in [-0.15, -0.1) is 0 Å². The van der Waals surface area contributed by atoms with E-state index in [4.69, 9.17) is 14.2 Å². The van der Waals surface area contributed by atoms with E-state index in [9.17, 15) is 14.7 Å². The third kappa shape index (κ3) is 4.78. The molecule has 0 saturated heterocycles. The molecule has 1 atom stereocenters. The number of aromatic nitrogens is 1. The van der Waals surface area contributed by atoms with Gasteiger partial charge in [-0.2, -0.15) is 0 Å². The fourth-order valence-corrected chi connectivity index (χ4v) is 4.83. The van der Waals surface area contributed by atoms with Gasteiger partial charge in [0.05, 0.1) is 19.7 Å². The van der Waals surface area contributed by atoms with E-state index in [1.54, 1.807) is 31.4 Å². The standard InChI is InChI=1S/C29H26N2O6/c1-35-19-11-12-25-17(14-19)13-18(27(30-25)36-2)15-26(28(32)33)31-29(34)37-16-24-22-9-5-3-7-20(22)21-8-4-6-10-23(21)24/h3-14,24,26H,15-16H2,1-2H3,(H,31,34)(H,32,33). The lowest BCUT2D eigenvalue weighted by molar-refractivity contribution is -0.139. The summed E-state index contributed by atoms with van der Waals surface area (Å²) in [5.41, 5.74) is 5.60. The van der Waals surface area contributed by atoms with Gasteiger partial charge in [-0.25, -0.2) is 14.6 Å². The number of ether oxygens (including phenoxy) is 3. The zero-order chi connectivity index (χ0) is 25.9. The fourth-order valence-electron chi connectivity index (χ4n) is 4.83. The number of pyridine rings is 1. The summed E-state index contributed by atoms with van der Waals surface area (Å²) >= 11 is 0. The van der Waals surface area contributed by atoms with Gasteiger partial charge in [0.1, 0.15) is 18.4 Å². The van der Waals surface area contributed by atoms with Crippen LogP contribution in [0.2, 0.25) is 0 Å². The molecule has 0 fully saturated rings. The van der Waals surface area contributed by atoms with Gasteiger partial charge < -0.3 is 24.6 Å². The molecule has 1 aliphatic rings. The Morgan fingerprint density at radius 1 is 0.946 bits per heavy atom. The largest absolute Gasteiger partial charge is 0.497 e. The Hall–Kier alpha value is -4.59. The molecule has 1 amide bonds.